The Hall–Kier alpha value is -3.60. The Morgan fingerprint density at radius 1 is 0.975 bits per heavy atom. The molecule has 6 rings (SSSR count). The van der Waals surface area contributed by atoms with E-state index in [2.05, 4.69) is 10.2 Å². The van der Waals surface area contributed by atoms with Gasteiger partial charge in [0.15, 0.2) is 11.8 Å². The number of rotatable bonds is 8. The number of esters is 1. The van der Waals surface area contributed by atoms with Gasteiger partial charge in [-0.2, -0.15) is 0 Å². The van der Waals surface area contributed by atoms with Crippen molar-refractivity contribution in [2.24, 2.45) is 0 Å². The fourth-order valence-electron chi connectivity index (χ4n) is 5.21. The fraction of sp³-hybridized carbons (Fsp3) is 0.300. The van der Waals surface area contributed by atoms with Crippen LogP contribution in [0.5, 0.6) is 0 Å². The molecule has 3 aliphatic heterocycles. The Morgan fingerprint density at radius 3 is 2.27 bits per heavy atom. The van der Waals surface area contributed by atoms with Gasteiger partial charge in [-0.05, 0) is 22.6 Å². The molecule has 3 aliphatic rings. The predicted octanol–water partition coefficient (Wildman–Crippen LogP) is 3.57. The van der Waals surface area contributed by atoms with Gasteiger partial charge in [0.05, 0.1) is 25.3 Å². The Bertz CT molecular complexity index is 1350. The van der Waals surface area contributed by atoms with Gasteiger partial charge in [-0.3, -0.25) is 14.5 Å². The molecule has 0 saturated carbocycles. The van der Waals surface area contributed by atoms with Crippen molar-refractivity contribution in [2.45, 2.75) is 23.9 Å². The Labute approximate surface area is 240 Å². The van der Waals surface area contributed by atoms with E-state index in [1.807, 2.05) is 78.2 Å². The topological polar surface area (TPSA) is 88.2 Å². The quantitative estimate of drug-likeness (QED) is 0.325. The highest BCUT2D eigenvalue weighted by molar-refractivity contribution is 8.00. The molecule has 4 heterocycles. The first-order valence-corrected chi connectivity index (χ1v) is 15.2. The van der Waals surface area contributed by atoms with Gasteiger partial charge in [0.1, 0.15) is 11.4 Å². The second kappa shape index (κ2) is 11.9. The van der Waals surface area contributed by atoms with E-state index in [4.69, 9.17) is 9.47 Å². The predicted molar refractivity (Wildman–Crippen MR) is 153 cm³/mol. The third-order valence-electron chi connectivity index (χ3n) is 7.20. The third-order valence-corrected chi connectivity index (χ3v) is 9.34. The SMILES string of the molecule is O=C(Cc1cccs1)NC1C(=O)N2C(C(=O)OC(c3ccccc3)c3ccccc3)=C(N3CCOCC3)CS[C@H]12. The number of carbonyl (C=O) groups is 3. The first kappa shape index (κ1) is 26.6. The van der Waals surface area contributed by atoms with Crippen molar-refractivity contribution in [2.75, 3.05) is 32.1 Å². The third kappa shape index (κ3) is 5.39. The molecule has 3 aromatic rings. The highest BCUT2D eigenvalue weighted by Crippen LogP contribution is 2.42. The average Bonchev–Trinajstić information content (AvgIpc) is 3.52. The molecule has 0 spiro atoms. The summed E-state index contributed by atoms with van der Waals surface area (Å²) in [5.74, 6) is -0.537. The fourth-order valence-corrected chi connectivity index (χ4v) is 7.30. The summed E-state index contributed by atoms with van der Waals surface area (Å²) in [6.45, 7) is 2.35. The summed E-state index contributed by atoms with van der Waals surface area (Å²) in [5.41, 5.74) is 2.71. The zero-order valence-corrected chi connectivity index (χ0v) is 23.4. The number of morpholine rings is 1. The van der Waals surface area contributed by atoms with E-state index in [0.29, 0.717) is 32.1 Å². The van der Waals surface area contributed by atoms with E-state index < -0.39 is 18.1 Å². The maximum atomic E-state index is 14.1. The summed E-state index contributed by atoms with van der Waals surface area (Å²) in [6, 6.07) is 22.3. The molecule has 2 aromatic carbocycles. The monoisotopic (exact) mass is 575 g/mol. The summed E-state index contributed by atoms with van der Waals surface area (Å²) in [5, 5.41) is 4.44. The molecular formula is C30H29N3O5S2. The number of ether oxygens (including phenoxy) is 2. The van der Waals surface area contributed by atoms with Crippen LogP contribution in [0.2, 0.25) is 0 Å². The van der Waals surface area contributed by atoms with Gasteiger partial charge in [0.2, 0.25) is 5.91 Å². The molecule has 206 valence electrons. The number of hydrogen-bond donors (Lipinski definition) is 1. The maximum Gasteiger partial charge on any atom is 0.357 e. The normalized spacial score (nSPS) is 20.7. The largest absolute Gasteiger partial charge is 0.448 e. The molecule has 1 N–H and O–H groups in total. The molecule has 2 amide bonds. The molecule has 2 atom stereocenters. The lowest BCUT2D eigenvalue weighted by atomic mass is 10.0. The molecule has 0 radical (unpaired) electrons. The molecule has 8 nitrogen and oxygen atoms in total. The number of carbonyl (C=O) groups excluding carboxylic acids is 3. The molecule has 40 heavy (non-hydrogen) atoms. The van der Waals surface area contributed by atoms with E-state index in [9.17, 15) is 14.4 Å². The second-order valence-corrected chi connectivity index (χ2v) is 11.8. The van der Waals surface area contributed by atoms with Crippen LogP contribution in [0.4, 0.5) is 0 Å². The van der Waals surface area contributed by atoms with Crippen LogP contribution >= 0.6 is 23.1 Å². The lowest BCUT2D eigenvalue weighted by Gasteiger charge is -2.51. The summed E-state index contributed by atoms with van der Waals surface area (Å²) < 4.78 is 11.8. The number of fused-ring (bicyclic) bond motifs is 1. The first-order chi connectivity index (χ1) is 19.6. The lowest BCUT2D eigenvalue weighted by Crippen LogP contribution is -2.71. The lowest BCUT2D eigenvalue weighted by molar-refractivity contribution is -0.155. The van der Waals surface area contributed by atoms with Crippen LogP contribution in [-0.2, 0) is 30.3 Å². The van der Waals surface area contributed by atoms with Crippen molar-refractivity contribution in [3.05, 3.63) is 106 Å². The van der Waals surface area contributed by atoms with Gasteiger partial charge in [0, 0.05) is 23.7 Å². The van der Waals surface area contributed by atoms with Gasteiger partial charge in [-0.15, -0.1) is 23.1 Å². The van der Waals surface area contributed by atoms with Gasteiger partial charge >= 0.3 is 5.97 Å². The summed E-state index contributed by atoms with van der Waals surface area (Å²) >= 11 is 3.06. The van der Waals surface area contributed by atoms with Gasteiger partial charge < -0.3 is 19.7 Å². The van der Waals surface area contributed by atoms with Crippen molar-refractivity contribution >= 4 is 40.9 Å². The molecule has 2 saturated heterocycles. The molecule has 1 unspecified atom stereocenters. The highest BCUT2D eigenvalue weighted by atomic mass is 32.2. The Morgan fingerprint density at radius 2 is 1.65 bits per heavy atom. The van der Waals surface area contributed by atoms with Gasteiger partial charge in [0.25, 0.3) is 5.91 Å². The number of nitrogens with zero attached hydrogens (tertiary/aromatic N) is 2. The van der Waals surface area contributed by atoms with E-state index >= 15 is 0 Å². The van der Waals surface area contributed by atoms with Crippen LogP contribution in [0.15, 0.2) is 89.6 Å². The molecule has 10 heteroatoms. The van der Waals surface area contributed by atoms with Crippen LogP contribution in [0.3, 0.4) is 0 Å². The summed E-state index contributed by atoms with van der Waals surface area (Å²) in [7, 11) is 0. The minimum atomic E-state index is -0.689. The number of benzene rings is 2. The number of amides is 2. The number of nitrogens with one attached hydrogen (secondary N) is 1. The molecule has 0 aliphatic carbocycles. The van der Waals surface area contributed by atoms with E-state index in [-0.39, 0.29) is 29.3 Å². The number of thiophene rings is 1. The van der Waals surface area contributed by atoms with Gasteiger partial charge in [-0.25, -0.2) is 4.79 Å². The van der Waals surface area contributed by atoms with Crippen molar-refractivity contribution in [1.82, 2.24) is 15.1 Å². The second-order valence-electron chi connectivity index (χ2n) is 9.71. The van der Waals surface area contributed by atoms with Crippen molar-refractivity contribution in [3.63, 3.8) is 0 Å². The number of β-lactam (4-membered cyclic amide) rings is 1. The van der Waals surface area contributed by atoms with Crippen molar-refractivity contribution in [3.8, 4) is 0 Å². The minimum Gasteiger partial charge on any atom is -0.448 e. The molecule has 2 fully saturated rings. The molecular weight excluding hydrogens is 546 g/mol. The number of hydrogen-bond acceptors (Lipinski definition) is 8. The molecule has 0 bridgehead atoms. The van der Waals surface area contributed by atoms with E-state index in [0.717, 1.165) is 21.7 Å². The summed E-state index contributed by atoms with van der Waals surface area (Å²) in [4.78, 5) is 44.8. The standard InChI is InChI=1S/C30H29N3O5S2/c34-24(18-22-12-7-17-39-22)31-25-28(35)33-26(23(19-40-29(25)33)32-13-15-37-16-14-32)30(36)38-27(20-8-3-1-4-9-20)21-10-5-2-6-11-21/h1-12,17,25,27,29H,13-16,18-19H2,(H,31,34)/t25?,29-/m1/s1. The Kier molecular flexibility index (Phi) is 7.90. The van der Waals surface area contributed by atoms with Gasteiger partial charge in [-0.1, -0.05) is 66.7 Å². The minimum absolute atomic E-state index is 0.207. The zero-order chi connectivity index (χ0) is 27.5. The summed E-state index contributed by atoms with van der Waals surface area (Å²) in [6.07, 6.45) is -0.419. The Balaban J connectivity index is 1.28. The highest BCUT2D eigenvalue weighted by Gasteiger charge is 2.55. The zero-order valence-electron chi connectivity index (χ0n) is 21.7. The van der Waals surface area contributed by atoms with Crippen LogP contribution in [0, 0.1) is 0 Å². The van der Waals surface area contributed by atoms with Crippen molar-refractivity contribution < 1.29 is 23.9 Å². The van der Waals surface area contributed by atoms with Crippen LogP contribution in [0.1, 0.15) is 22.1 Å². The van der Waals surface area contributed by atoms with E-state index in [1.165, 1.54) is 16.2 Å². The number of thioether (sulfide) groups is 1. The molecule has 1 aromatic heterocycles. The van der Waals surface area contributed by atoms with Crippen LogP contribution in [-0.4, -0.2) is 71.1 Å². The van der Waals surface area contributed by atoms with Crippen LogP contribution in [0.25, 0.3) is 0 Å². The average molecular weight is 576 g/mol. The maximum absolute atomic E-state index is 14.1. The van der Waals surface area contributed by atoms with E-state index in [1.54, 1.807) is 11.8 Å². The smallest absolute Gasteiger partial charge is 0.357 e. The van der Waals surface area contributed by atoms with Crippen LogP contribution < -0.4 is 5.32 Å². The first-order valence-electron chi connectivity index (χ1n) is 13.2. The van der Waals surface area contributed by atoms with Crippen molar-refractivity contribution in [1.29, 1.82) is 0 Å².